The van der Waals surface area contributed by atoms with E-state index in [0.29, 0.717) is 35.2 Å². The van der Waals surface area contributed by atoms with E-state index in [0.717, 1.165) is 16.7 Å². The number of rotatable bonds is 6. The fraction of sp³-hybridized carbons (Fsp3) is 0.125. The van der Waals surface area contributed by atoms with Crippen molar-refractivity contribution in [1.82, 2.24) is 0 Å². The molecule has 0 fully saturated rings. The normalized spacial score (nSPS) is 17.2. The van der Waals surface area contributed by atoms with Crippen molar-refractivity contribution in [2.45, 2.75) is 18.6 Å². The molecule has 2 aliphatic rings. The van der Waals surface area contributed by atoms with E-state index in [1.54, 1.807) is 36.4 Å². The maximum atomic E-state index is 12.8. The first kappa shape index (κ1) is 24.9. The number of allylic oxidation sites excluding steroid dienone is 1. The number of nitriles is 1. The molecule has 0 bridgehead atoms. The van der Waals surface area contributed by atoms with Crippen LogP contribution in [-0.4, -0.2) is 18.7 Å². The molecule has 0 spiro atoms. The molecule has 2 unspecified atom stereocenters. The van der Waals surface area contributed by atoms with Crippen LogP contribution in [0.1, 0.15) is 22.6 Å². The molecule has 0 aliphatic carbocycles. The Hall–Kier alpha value is -5.42. The number of ether oxygens (including phenoxy) is 5. The number of carbonyl (C=O) groups is 1. The number of nitrogens with zero attached hydrogens (tertiary/aromatic N) is 1. The van der Waals surface area contributed by atoms with Gasteiger partial charge in [-0.1, -0.05) is 60.7 Å². The molecule has 198 valence electrons. The van der Waals surface area contributed by atoms with Gasteiger partial charge >= 0.3 is 5.97 Å². The van der Waals surface area contributed by atoms with Crippen molar-refractivity contribution in [2.24, 2.45) is 5.73 Å². The molecule has 8 nitrogen and oxygen atoms in total. The van der Waals surface area contributed by atoms with Crippen molar-refractivity contribution in [3.05, 3.63) is 125 Å². The smallest absolute Gasteiger partial charge is 0.356 e. The average molecular weight is 533 g/mol. The highest BCUT2D eigenvalue weighted by Crippen LogP contribution is 2.44. The quantitative estimate of drug-likeness (QED) is 0.265. The van der Waals surface area contributed by atoms with Crippen LogP contribution in [0, 0.1) is 11.3 Å². The minimum atomic E-state index is -0.919. The van der Waals surface area contributed by atoms with Gasteiger partial charge in [0, 0.05) is 11.6 Å². The summed E-state index contributed by atoms with van der Waals surface area (Å²) in [5, 5.41) is 9.88. The number of nitrogens with two attached hydrogens (primary N) is 1. The third kappa shape index (κ3) is 5.00. The first-order chi connectivity index (χ1) is 19.6. The molecule has 0 aromatic heterocycles. The van der Waals surface area contributed by atoms with Crippen LogP contribution < -0.4 is 29.4 Å². The number of carbonyl (C=O) groups excluding carboxylic acids is 1. The predicted octanol–water partition coefficient (Wildman–Crippen LogP) is 5.23. The lowest BCUT2D eigenvalue weighted by Crippen LogP contribution is -2.39. The van der Waals surface area contributed by atoms with Gasteiger partial charge in [0.25, 0.3) is 0 Å². The van der Waals surface area contributed by atoms with E-state index in [1.165, 1.54) is 0 Å². The van der Waals surface area contributed by atoms with Crippen LogP contribution in [0.4, 0.5) is 0 Å². The maximum absolute atomic E-state index is 12.8. The minimum absolute atomic E-state index is 0.00602. The number of para-hydroxylation sites is 2. The number of benzene rings is 4. The Kier molecular flexibility index (Phi) is 6.69. The largest absolute Gasteiger partial charge is 0.489 e. The molecule has 0 amide bonds. The van der Waals surface area contributed by atoms with E-state index in [9.17, 15) is 10.1 Å². The van der Waals surface area contributed by atoms with E-state index in [-0.39, 0.29) is 18.2 Å². The van der Waals surface area contributed by atoms with Crippen molar-refractivity contribution in [3.8, 4) is 34.8 Å². The number of fused-ring (bicyclic) bond motifs is 2. The van der Waals surface area contributed by atoms with E-state index < -0.39 is 18.0 Å². The average Bonchev–Trinajstić information content (AvgIpc) is 3.00. The van der Waals surface area contributed by atoms with E-state index in [1.807, 2.05) is 60.7 Å². The highest BCUT2D eigenvalue weighted by molar-refractivity contribution is 5.78. The molecule has 2 N–H and O–H groups in total. The molecule has 2 aliphatic heterocycles. The van der Waals surface area contributed by atoms with E-state index >= 15 is 0 Å². The molecule has 0 saturated heterocycles. The van der Waals surface area contributed by atoms with Gasteiger partial charge in [0.15, 0.2) is 11.5 Å². The second-order valence-corrected chi connectivity index (χ2v) is 9.25. The highest BCUT2D eigenvalue weighted by atomic mass is 16.6. The van der Waals surface area contributed by atoms with Gasteiger partial charge in [0.2, 0.25) is 12.0 Å². The number of esters is 1. The third-order valence-electron chi connectivity index (χ3n) is 6.64. The summed E-state index contributed by atoms with van der Waals surface area (Å²) in [6.45, 7) is 0.480. The zero-order valence-corrected chi connectivity index (χ0v) is 21.3. The van der Waals surface area contributed by atoms with E-state index in [2.05, 4.69) is 6.07 Å². The summed E-state index contributed by atoms with van der Waals surface area (Å²) >= 11 is 0. The minimum Gasteiger partial charge on any atom is -0.489 e. The summed E-state index contributed by atoms with van der Waals surface area (Å²) in [6, 6.07) is 31.7. The summed E-state index contributed by atoms with van der Waals surface area (Å²) in [6.07, 6.45) is -0.919. The van der Waals surface area contributed by atoms with Crippen LogP contribution in [0.5, 0.6) is 28.7 Å². The van der Waals surface area contributed by atoms with Gasteiger partial charge in [-0.3, -0.25) is 0 Å². The molecule has 6 rings (SSSR count). The summed E-state index contributed by atoms with van der Waals surface area (Å²) < 4.78 is 28.6. The zero-order valence-electron chi connectivity index (χ0n) is 21.3. The highest BCUT2D eigenvalue weighted by Gasteiger charge is 2.32. The van der Waals surface area contributed by atoms with Gasteiger partial charge in [-0.2, -0.15) is 5.26 Å². The van der Waals surface area contributed by atoms with Crippen LogP contribution in [0.15, 0.2) is 109 Å². The Balaban J connectivity index is 1.20. The van der Waals surface area contributed by atoms with Gasteiger partial charge in [-0.25, -0.2) is 4.79 Å². The Morgan fingerprint density at radius 2 is 1.62 bits per heavy atom. The van der Waals surface area contributed by atoms with Crippen LogP contribution in [0.25, 0.3) is 0 Å². The van der Waals surface area contributed by atoms with Crippen LogP contribution in [0.2, 0.25) is 0 Å². The molecule has 2 atom stereocenters. The lowest BCUT2D eigenvalue weighted by atomic mass is 9.83. The van der Waals surface area contributed by atoms with Gasteiger partial charge in [-0.15, -0.1) is 0 Å². The first-order valence-corrected chi connectivity index (χ1v) is 12.7. The Morgan fingerprint density at radius 1 is 0.900 bits per heavy atom. The molecular weight excluding hydrogens is 508 g/mol. The topological polar surface area (TPSA) is 113 Å². The monoisotopic (exact) mass is 532 g/mol. The Bertz CT molecular complexity index is 1630. The predicted molar refractivity (Wildman–Crippen MR) is 145 cm³/mol. The van der Waals surface area contributed by atoms with Crippen molar-refractivity contribution in [3.63, 3.8) is 0 Å². The lowest BCUT2D eigenvalue weighted by Gasteiger charge is -2.27. The fourth-order valence-electron chi connectivity index (χ4n) is 4.66. The molecule has 4 aromatic carbocycles. The fourth-order valence-corrected chi connectivity index (χ4v) is 4.66. The molecule has 4 aromatic rings. The molecule has 0 saturated carbocycles. The van der Waals surface area contributed by atoms with Gasteiger partial charge in [0.1, 0.15) is 42.1 Å². The lowest BCUT2D eigenvalue weighted by molar-refractivity contribution is -0.144. The molecular formula is C32H24N2O6. The van der Waals surface area contributed by atoms with Crippen LogP contribution in [-0.2, 0) is 11.4 Å². The van der Waals surface area contributed by atoms with Gasteiger partial charge < -0.3 is 29.4 Å². The summed E-state index contributed by atoms with van der Waals surface area (Å²) in [5.74, 6) is 1.33. The zero-order chi connectivity index (χ0) is 27.5. The summed E-state index contributed by atoms with van der Waals surface area (Å²) in [7, 11) is 0. The van der Waals surface area contributed by atoms with Crippen LogP contribution in [0.3, 0.4) is 0 Å². The number of hydrogen-bond acceptors (Lipinski definition) is 8. The maximum Gasteiger partial charge on any atom is 0.356 e. The second-order valence-electron chi connectivity index (χ2n) is 9.25. The summed E-state index contributed by atoms with van der Waals surface area (Å²) in [4.78, 5) is 12.8. The third-order valence-corrected chi connectivity index (χ3v) is 6.64. The second kappa shape index (κ2) is 10.8. The Morgan fingerprint density at radius 3 is 2.40 bits per heavy atom. The van der Waals surface area contributed by atoms with Crippen molar-refractivity contribution >= 4 is 5.97 Å². The number of hydrogen-bond donors (Lipinski definition) is 1. The van der Waals surface area contributed by atoms with Gasteiger partial charge in [-0.05, 0) is 41.5 Å². The molecule has 2 heterocycles. The van der Waals surface area contributed by atoms with Crippen molar-refractivity contribution in [1.29, 1.82) is 5.26 Å². The summed E-state index contributed by atoms with van der Waals surface area (Å²) in [5.41, 5.74) is 9.07. The van der Waals surface area contributed by atoms with Crippen LogP contribution >= 0.6 is 0 Å². The first-order valence-electron chi connectivity index (χ1n) is 12.7. The van der Waals surface area contributed by atoms with Crippen molar-refractivity contribution < 1.29 is 28.5 Å². The van der Waals surface area contributed by atoms with Crippen molar-refractivity contribution in [2.75, 3.05) is 6.61 Å². The Labute approximate surface area is 230 Å². The van der Waals surface area contributed by atoms with E-state index in [4.69, 9.17) is 29.4 Å². The molecule has 0 radical (unpaired) electrons. The molecule has 8 heteroatoms. The SMILES string of the molecule is N#CC1=C(N)Oc2cc(OC(=O)C3COc4ccccc4O3)ccc2C1c1ccc(OCc2ccccc2)cc1. The molecule has 40 heavy (non-hydrogen) atoms. The standard InChI is InChI=1S/C32H24N2O6/c33-17-25-30(21-10-12-22(13-11-21)36-18-20-6-2-1-3-7-20)24-15-14-23(16-28(24)40-31(25)34)38-32(35)29-19-37-26-8-4-5-9-27(26)39-29/h1-16,29-30H,18-19,34H2. The van der Waals surface area contributed by atoms with Gasteiger partial charge in [0.05, 0.1) is 5.92 Å².